The van der Waals surface area contributed by atoms with Crippen molar-refractivity contribution in [3.63, 3.8) is 0 Å². The summed E-state index contributed by atoms with van der Waals surface area (Å²) in [5, 5.41) is 3.38. The standard InChI is InChI=1S/C10H19NO2S/c1-10(2,3)13-9(12)11-7-8-5-4-6-14-8/h8H,4-7H2,1-3H3,(H,11,12)/t8-/m1/s1. The minimum atomic E-state index is -0.396. The highest BCUT2D eigenvalue weighted by atomic mass is 32.2. The van der Waals surface area contributed by atoms with Crippen LogP contribution in [0.4, 0.5) is 4.79 Å². The lowest BCUT2D eigenvalue weighted by atomic mass is 10.2. The molecule has 0 saturated carbocycles. The molecular formula is C10H19NO2S. The number of nitrogens with one attached hydrogen (secondary N) is 1. The monoisotopic (exact) mass is 217 g/mol. The number of hydrogen-bond donors (Lipinski definition) is 1. The Bertz CT molecular complexity index is 195. The molecule has 4 heteroatoms. The molecule has 0 bridgehead atoms. The molecule has 1 aliphatic heterocycles. The van der Waals surface area contributed by atoms with Gasteiger partial charge < -0.3 is 10.1 Å². The van der Waals surface area contributed by atoms with Crippen LogP contribution >= 0.6 is 11.8 Å². The van der Waals surface area contributed by atoms with Gasteiger partial charge in [0.15, 0.2) is 0 Å². The van der Waals surface area contributed by atoms with Gasteiger partial charge in [-0.1, -0.05) is 0 Å². The minimum absolute atomic E-state index is 0.301. The fraction of sp³-hybridized carbons (Fsp3) is 0.900. The summed E-state index contributed by atoms with van der Waals surface area (Å²) in [6.45, 7) is 6.35. The lowest BCUT2D eigenvalue weighted by Gasteiger charge is -2.20. The molecule has 82 valence electrons. The van der Waals surface area contributed by atoms with Crippen molar-refractivity contribution in [3.8, 4) is 0 Å². The zero-order valence-electron chi connectivity index (χ0n) is 9.13. The number of amides is 1. The fourth-order valence-corrected chi connectivity index (χ4v) is 2.52. The van der Waals surface area contributed by atoms with Gasteiger partial charge in [0.05, 0.1) is 0 Å². The maximum atomic E-state index is 11.3. The van der Waals surface area contributed by atoms with Crippen LogP contribution in [-0.2, 0) is 4.74 Å². The molecule has 1 N–H and O–H groups in total. The van der Waals surface area contributed by atoms with Crippen LogP contribution in [-0.4, -0.2) is 29.2 Å². The average molecular weight is 217 g/mol. The lowest BCUT2D eigenvalue weighted by Crippen LogP contribution is -2.35. The van der Waals surface area contributed by atoms with Crippen molar-refractivity contribution in [1.82, 2.24) is 5.32 Å². The van der Waals surface area contributed by atoms with E-state index < -0.39 is 5.60 Å². The largest absolute Gasteiger partial charge is 0.444 e. The Morgan fingerprint density at radius 2 is 2.29 bits per heavy atom. The van der Waals surface area contributed by atoms with Crippen LogP contribution in [0.15, 0.2) is 0 Å². The molecule has 1 heterocycles. The number of hydrogen-bond acceptors (Lipinski definition) is 3. The van der Waals surface area contributed by atoms with E-state index in [0.29, 0.717) is 5.25 Å². The first kappa shape index (κ1) is 11.7. The summed E-state index contributed by atoms with van der Waals surface area (Å²) < 4.78 is 5.14. The smallest absolute Gasteiger partial charge is 0.407 e. The number of ether oxygens (including phenoxy) is 1. The Kier molecular flexibility index (Phi) is 4.11. The first-order chi connectivity index (χ1) is 6.47. The summed E-state index contributed by atoms with van der Waals surface area (Å²) >= 11 is 1.93. The highest BCUT2D eigenvalue weighted by Gasteiger charge is 2.19. The van der Waals surface area contributed by atoms with E-state index in [1.54, 1.807) is 0 Å². The SMILES string of the molecule is CC(C)(C)OC(=O)NC[C@H]1CCCS1. The molecule has 0 spiro atoms. The van der Waals surface area contributed by atoms with Crippen LogP contribution in [0.3, 0.4) is 0 Å². The zero-order chi connectivity index (χ0) is 10.6. The topological polar surface area (TPSA) is 38.3 Å². The molecule has 0 aromatic rings. The van der Waals surface area contributed by atoms with E-state index >= 15 is 0 Å². The molecule has 0 aromatic carbocycles. The molecule has 0 aliphatic carbocycles. The van der Waals surface area contributed by atoms with E-state index in [1.165, 1.54) is 18.6 Å². The van der Waals surface area contributed by atoms with Crippen molar-refractivity contribution in [2.45, 2.75) is 44.5 Å². The van der Waals surface area contributed by atoms with E-state index in [-0.39, 0.29) is 6.09 Å². The highest BCUT2D eigenvalue weighted by Crippen LogP contribution is 2.25. The molecule has 1 fully saturated rings. The number of carbonyl (C=O) groups is 1. The van der Waals surface area contributed by atoms with Crippen molar-refractivity contribution >= 4 is 17.9 Å². The normalized spacial score (nSPS) is 22.1. The third-order valence-electron chi connectivity index (χ3n) is 1.90. The summed E-state index contributed by atoms with van der Waals surface area (Å²) in [6.07, 6.45) is 2.18. The summed E-state index contributed by atoms with van der Waals surface area (Å²) in [5.41, 5.74) is -0.396. The first-order valence-corrected chi connectivity index (χ1v) is 6.11. The molecule has 0 unspecified atom stereocenters. The van der Waals surface area contributed by atoms with E-state index in [2.05, 4.69) is 5.32 Å². The van der Waals surface area contributed by atoms with E-state index in [1.807, 2.05) is 32.5 Å². The fourth-order valence-electron chi connectivity index (χ4n) is 1.32. The van der Waals surface area contributed by atoms with Gasteiger partial charge in [-0.2, -0.15) is 11.8 Å². The van der Waals surface area contributed by atoms with E-state index in [4.69, 9.17) is 4.74 Å². The second-order valence-corrected chi connectivity index (χ2v) is 5.93. The molecule has 0 radical (unpaired) electrons. The van der Waals surface area contributed by atoms with Crippen molar-refractivity contribution in [3.05, 3.63) is 0 Å². The van der Waals surface area contributed by atoms with Gasteiger partial charge in [-0.25, -0.2) is 4.79 Å². The van der Waals surface area contributed by atoms with Crippen molar-refractivity contribution < 1.29 is 9.53 Å². The lowest BCUT2D eigenvalue weighted by molar-refractivity contribution is 0.0528. The second-order valence-electron chi connectivity index (χ2n) is 4.52. The Morgan fingerprint density at radius 1 is 1.57 bits per heavy atom. The summed E-state index contributed by atoms with van der Waals surface area (Å²) in [6, 6.07) is 0. The Morgan fingerprint density at radius 3 is 2.79 bits per heavy atom. The second kappa shape index (κ2) is 4.91. The molecule has 1 atom stereocenters. The predicted molar refractivity (Wildman–Crippen MR) is 59.7 cm³/mol. The molecule has 14 heavy (non-hydrogen) atoms. The Hall–Kier alpha value is -0.380. The summed E-state index contributed by atoms with van der Waals surface area (Å²) in [4.78, 5) is 11.3. The van der Waals surface area contributed by atoms with Crippen LogP contribution < -0.4 is 5.32 Å². The molecule has 1 aliphatic rings. The quantitative estimate of drug-likeness (QED) is 0.772. The Labute approximate surface area is 90.0 Å². The zero-order valence-corrected chi connectivity index (χ0v) is 9.95. The van der Waals surface area contributed by atoms with E-state index in [0.717, 1.165) is 6.54 Å². The van der Waals surface area contributed by atoms with Gasteiger partial charge in [0.2, 0.25) is 0 Å². The van der Waals surface area contributed by atoms with Crippen LogP contribution in [0.1, 0.15) is 33.6 Å². The summed E-state index contributed by atoms with van der Waals surface area (Å²) in [5.74, 6) is 1.22. The van der Waals surface area contributed by atoms with Crippen molar-refractivity contribution in [2.75, 3.05) is 12.3 Å². The highest BCUT2D eigenvalue weighted by molar-refractivity contribution is 8.00. The maximum absolute atomic E-state index is 11.3. The molecule has 1 rings (SSSR count). The van der Waals surface area contributed by atoms with Crippen LogP contribution in [0.2, 0.25) is 0 Å². The maximum Gasteiger partial charge on any atom is 0.407 e. The van der Waals surface area contributed by atoms with Gasteiger partial charge in [-0.15, -0.1) is 0 Å². The van der Waals surface area contributed by atoms with Gasteiger partial charge in [0, 0.05) is 11.8 Å². The van der Waals surface area contributed by atoms with Crippen molar-refractivity contribution in [2.24, 2.45) is 0 Å². The number of thioether (sulfide) groups is 1. The third kappa shape index (κ3) is 4.74. The van der Waals surface area contributed by atoms with Crippen LogP contribution in [0, 0.1) is 0 Å². The van der Waals surface area contributed by atoms with Crippen LogP contribution in [0.25, 0.3) is 0 Å². The molecule has 1 saturated heterocycles. The van der Waals surface area contributed by atoms with Gasteiger partial charge in [-0.05, 0) is 39.4 Å². The minimum Gasteiger partial charge on any atom is -0.444 e. The number of rotatable bonds is 2. The summed E-state index contributed by atoms with van der Waals surface area (Å²) in [7, 11) is 0. The molecule has 1 amide bonds. The molecule has 0 aromatic heterocycles. The van der Waals surface area contributed by atoms with Crippen molar-refractivity contribution in [1.29, 1.82) is 0 Å². The number of carbonyl (C=O) groups excluding carboxylic acids is 1. The van der Waals surface area contributed by atoms with Gasteiger partial charge in [-0.3, -0.25) is 0 Å². The average Bonchev–Trinajstić information content (AvgIpc) is 2.49. The number of alkyl carbamates (subject to hydrolysis) is 1. The van der Waals surface area contributed by atoms with Crippen LogP contribution in [0.5, 0.6) is 0 Å². The molecule has 3 nitrogen and oxygen atoms in total. The first-order valence-electron chi connectivity index (χ1n) is 5.06. The molecular weight excluding hydrogens is 198 g/mol. The van der Waals surface area contributed by atoms with E-state index in [9.17, 15) is 4.79 Å². The van der Waals surface area contributed by atoms with Gasteiger partial charge >= 0.3 is 6.09 Å². The third-order valence-corrected chi connectivity index (χ3v) is 3.30. The Balaban J connectivity index is 2.14. The predicted octanol–water partition coefficient (Wildman–Crippen LogP) is 2.41. The van der Waals surface area contributed by atoms with Gasteiger partial charge in [0.1, 0.15) is 5.60 Å². The van der Waals surface area contributed by atoms with Gasteiger partial charge in [0.25, 0.3) is 0 Å².